The van der Waals surface area contributed by atoms with Gasteiger partial charge in [0.2, 0.25) is 0 Å². The number of hydrogen-bond donors (Lipinski definition) is 1. The van der Waals surface area contributed by atoms with Crippen molar-refractivity contribution >= 4 is 17.4 Å². The molecule has 0 amide bonds. The second-order valence-electron chi connectivity index (χ2n) is 5.58. The van der Waals surface area contributed by atoms with Crippen LogP contribution in [-0.2, 0) is 13.0 Å². The minimum absolute atomic E-state index is 0.757. The van der Waals surface area contributed by atoms with Gasteiger partial charge in [0.05, 0.1) is 18.2 Å². The van der Waals surface area contributed by atoms with Gasteiger partial charge in [0, 0.05) is 29.6 Å². The van der Waals surface area contributed by atoms with E-state index in [1.165, 1.54) is 41.1 Å². The van der Waals surface area contributed by atoms with Crippen molar-refractivity contribution in [2.45, 2.75) is 31.1 Å². The fraction of sp³-hybridized carbons (Fsp3) is 0.438. The van der Waals surface area contributed by atoms with Crippen LogP contribution >= 0.6 is 11.8 Å². The molecule has 2 aromatic rings. The van der Waals surface area contributed by atoms with Gasteiger partial charge >= 0.3 is 0 Å². The van der Waals surface area contributed by atoms with Crippen molar-refractivity contribution in [3.05, 3.63) is 36.3 Å². The first-order valence-electron chi connectivity index (χ1n) is 7.40. The molecule has 2 aliphatic rings. The molecule has 3 heterocycles. The van der Waals surface area contributed by atoms with E-state index < -0.39 is 0 Å². The van der Waals surface area contributed by atoms with Crippen LogP contribution in [0.25, 0.3) is 11.3 Å². The number of nitrogens with zero attached hydrogens (tertiary/aromatic N) is 2. The zero-order chi connectivity index (χ0) is 13.4. The number of benzene rings is 1. The molecule has 20 heavy (non-hydrogen) atoms. The normalized spacial score (nSPS) is 20.9. The lowest BCUT2D eigenvalue weighted by molar-refractivity contribution is 0.642. The monoisotopic (exact) mass is 285 g/mol. The zero-order valence-electron chi connectivity index (χ0n) is 11.5. The summed E-state index contributed by atoms with van der Waals surface area (Å²) in [6.07, 6.45) is 7.84. The third kappa shape index (κ3) is 2.12. The van der Waals surface area contributed by atoms with Crippen LogP contribution in [0.15, 0.2) is 30.7 Å². The van der Waals surface area contributed by atoms with E-state index in [-0.39, 0.29) is 0 Å². The predicted molar refractivity (Wildman–Crippen MR) is 85.3 cm³/mol. The average Bonchev–Trinajstić information content (AvgIpc) is 3.19. The Morgan fingerprint density at radius 3 is 3.30 bits per heavy atom. The molecule has 0 aliphatic carbocycles. The fourth-order valence-electron chi connectivity index (χ4n) is 3.25. The number of anilines is 1. The molecule has 1 aromatic heterocycles. The Morgan fingerprint density at radius 2 is 2.40 bits per heavy atom. The molecule has 1 saturated heterocycles. The van der Waals surface area contributed by atoms with E-state index >= 15 is 0 Å². The van der Waals surface area contributed by atoms with Gasteiger partial charge < -0.3 is 9.88 Å². The summed E-state index contributed by atoms with van der Waals surface area (Å²) < 4.78 is 2.33. The van der Waals surface area contributed by atoms with Crippen LogP contribution in [0.1, 0.15) is 18.4 Å². The van der Waals surface area contributed by atoms with E-state index in [0.717, 1.165) is 24.8 Å². The lowest BCUT2D eigenvalue weighted by Crippen LogP contribution is -2.10. The summed E-state index contributed by atoms with van der Waals surface area (Å²) in [6.45, 7) is 2.14. The topological polar surface area (TPSA) is 29.9 Å². The van der Waals surface area contributed by atoms with E-state index in [1.807, 2.05) is 12.5 Å². The highest BCUT2D eigenvalue weighted by Gasteiger charge is 2.20. The highest BCUT2D eigenvalue weighted by atomic mass is 32.2. The van der Waals surface area contributed by atoms with E-state index in [0.29, 0.717) is 0 Å². The molecule has 4 rings (SSSR count). The van der Waals surface area contributed by atoms with Crippen molar-refractivity contribution in [1.82, 2.24) is 9.55 Å². The van der Waals surface area contributed by atoms with Gasteiger partial charge in [-0.2, -0.15) is 11.8 Å². The number of rotatable bonds is 3. The van der Waals surface area contributed by atoms with Crippen molar-refractivity contribution in [3.8, 4) is 11.3 Å². The molecule has 1 atom stereocenters. The Labute approximate surface area is 123 Å². The molecular weight excluding hydrogens is 266 g/mol. The molecule has 0 bridgehead atoms. The smallest absolute Gasteiger partial charge is 0.0951 e. The molecule has 0 saturated carbocycles. The molecule has 3 nitrogen and oxygen atoms in total. The lowest BCUT2D eigenvalue weighted by Gasteiger charge is -2.15. The maximum Gasteiger partial charge on any atom is 0.0951 e. The van der Waals surface area contributed by atoms with E-state index in [4.69, 9.17) is 0 Å². The Bertz CT molecular complexity index is 614. The van der Waals surface area contributed by atoms with E-state index in [9.17, 15) is 0 Å². The molecule has 1 N–H and O–H groups in total. The highest BCUT2D eigenvalue weighted by Crippen LogP contribution is 2.35. The Morgan fingerprint density at radius 1 is 1.40 bits per heavy atom. The van der Waals surface area contributed by atoms with Crippen LogP contribution in [0, 0.1) is 0 Å². The zero-order valence-corrected chi connectivity index (χ0v) is 12.3. The molecule has 0 radical (unpaired) electrons. The summed E-state index contributed by atoms with van der Waals surface area (Å²) in [4.78, 5) is 4.39. The van der Waals surface area contributed by atoms with Gasteiger partial charge in [0.25, 0.3) is 0 Å². The number of aromatic nitrogens is 2. The first kappa shape index (κ1) is 12.3. The SMILES string of the molecule is c1cc2c(c(-c3cncn3CC3CCCS3)c1)NCC2. The lowest BCUT2D eigenvalue weighted by atomic mass is 10.1. The highest BCUT2D eigenvalue weighted by molar-refractivity contribution is 8.00. The Balaban J connectivity index is 1.69. The summed E-state index contributed by atoms with van der Waals surface area (Å²) in [5.41, 5.74) is 5.31. The largest absolute Gasteiger partial charge is 0.384 e. The quantitative estimate of drug-likeness (QED) is 0.937. The molecule has 2 aliphatic heterocycles. The molecule has 1 unspecified atom stereocenters. The molecule has 0 spiro atoms. The number of hydrogen-bond acceptors (Lipinski definition) is 3. The van der Waals surface area contributed by atoms with Gasteiger partial charge in [0.1, 0.15) is 0 Å². The number of thioether (sulfide) groups is 1. The molecule has 1 aromatic carbocycles. The minimum atomic E-state index is 0.757. The summed E-state index contributed by atoms with van der Waals surface area (Å²) in [6, 6.07) is 6.61. The molecule has 4 heteroatoms. The predicted octanol–water partition coefficient (Wildman–Crippen LogP) is 3.41. The van der Waals surface area contributed by atoms with E-state index in [1.54, 1.807) is 0 Å². The Kier molecular flexibility index (Phi) is 3.19. The third-order valence-corrected chi connectivity index (χ3v) is 5.64. The molecular formula is C16H19N3S. The second kappa shape index (κ2) is 5.17. The first-order chi connectivity index (χ1) is 9.92. The van der Waals surface area contributed by atoms with Gasteiger partial charge in [-0.3, -0.25) is 0 Å². The maximum absolute atomic E-state index is 4.39. The van der Waals surface area contributed by atoms with Crippen molar-refractivity contribution < 1.29 is 0 Å². The van der Waals surface area contributed by atoms with E-state index in [2.05, 4.69) is 44.8 Å². The van der Waals surface area contributed by atoms with Crippen LogP contribution in [0.2, 0.25) is 0 Å². The van der Waals surface area contributed by atoms with Crippen LogP contribution in [0.5, 0.6) is 0 Å². The van der Waals surface area contributed by atoms with Gasteiger partial charge in [-0.25, -0.2) is 4.98 Å². The van der Waals surface area contributed by atoms with Crippen molar-refractivity contribution in [2.24, 2.45) is 0 Å². The number of imidazole rings is 1. The summed E-state index contributed by atoms with van der Waals surface area (Å²) >= 11 is 2.11. The number of fused-ring (bicyclic) bond motifs is 1. The van der Waals surface area contributed by atoms with Crippen molar-refractivity contribution in [1.29, 1.82) is 0 Å². The third-order valence-electron chi connectivity index (χ3n) is 4.26. The number of nitrogens with one attached hydrogen (secondary N) is 1. The molecule has 1 fully saturated rings. The second-order valence-corrected chi connectivity index (χ2v) is 6.99. The van der Waals surface area contributed by atoms with Crippen LogP contribution in [-0.4, -0.2) is 27.1 Å². The summed E-state index contributed by atoms with van der Waals surface area (Å²) in [5.74, 6) is 1.32. The standard InChI is InChI=1S/C16H19N3S/c1-3-12-6-7-18-16(12)14(5-1)15-9-17-11-19(15)10-13-4-2-8-20-13/h1,3,5,9,11,13,18H,2,4,6-8,10H2. The van der Waals surface area contributed by atoms with Crippen LogP contribution in [0.3, 0.4) is 0 Å². The van der Waals surface area contributed by atoms with Crippen LogP contribution < -0.4 is 5.32 Å². The molecule has 104 valence electrons. The van der Waals surface area contributed by atoms with Gasteiger partial charge in [-0.05, 0) is 30.6 Å². The average molecular weight is 285 g/mol. The van der Waals surface area contributed by atoms with Gasteiger partial charge in [-0.15, -0.1) is 0 Å². The van der Waals surface area contributed by atoms with Gasteiger partial charge in [0.15, 0.2) is 0 Å². The van der Waals surface area contributed by atoms with Crippen LogP contribution in [0.4, 0.5) is 5.69 Å². The van der Waals surface area contributed by atoms with Crippen molar-refractivity contribution in [3.63, 3.8) is 0 Å². The number of para-hydroxylation sites is 1. The Hall–Kier alpha value is -1.42. The summed E-state index contributed by atoms with van der Waals surface area (Å²) in [5, 5.41) is 4.29. The maximum atomic E-state index is 4.39. The van der Waals surface area contributed by atoms with Crippen molar-refractivity contribution in [2.75, 3.05) is 17.6 Å². The van der Waals surface area contributed by atoms with Gasteiger partial charge in [-0.1, -0.05) is 18.2 Å². The minimum Gasteiger partial charge on any atom is -0.384 e. The summed E-state index contributed by atoms with van der Waals surface area (Å²) in [7, 11) is 0. The first-order valence-corrected chi connectivity index (χ1v) is 8.44. The fourth-order valence-corrected chi connectivity index (χ4v) is 4.52.